The van der Waals surface area contributed by atoms with Crippen LogP contribution in [0.25, 0.3) is 10.9 Å². The highest BCUT2D eigenvalue weighted by Crippen LogP contribution is 2.17. The van der Waals surface area contributed by atoms with E-state index in [0.29, 0.717) is 23.2 Å². The SMILES string of the molecule is Cc1nc(Nc2nc(C)c3ccccc3n2)[nH]c(=O)c1C. The Bertz CT molecular complexity index is 885. The second-order valence-electron chi connectivity index (χ2n) is 4.90. The van der Waals surface area contributed by atoms with E-state index in [2.05, 4.69) is 25.3 Å². The molecule has 0 aliphatic rings. The monoisotopic (exact) mass is 281 g/mol. The third-order valence-corrected chi connectivity index (χ3v) is 3.42. The van der Waals surface area contributed by atoms with E-state index >= 15 is 0 Å². The van der Waals surface area contributed by atoms with Crippen molar-refractivity contribution in [2.24, 2.45) is 0 Å². The lowest BCUT2D eigenvalue weighted by atomic mass is 10.2. The van der Waals surface area contributed by atoms with Gasteiger partial charge in [-0.1, -0.05) is 18.2 Å². The Morgan fingerprint density at radius 2 is 1.76 bits per heavy atom. The lowest BCUT2D eigenvalue weighted by Gasteiger charge is -2.08. The quantitative estimate of drug-likeness (QED) is 0.753. The number of hydrogen-bond donors (Lipinski definition) is 2. The van der Waals surface area contributed by atoms with Gasteiger partial charge in [-0.25, -0.2) is 15.0 Å². The maximum atomic E-state index is 11.8. The predicted molar refractivity (Wildman–Crippen MR) is 81.9 cm³/mol. The number of benzene rings is 1. The van der Waals surface area contributed by atoms with Gasteiger partial charge in [0.05, 0.1) is 11.2 Å². The standard InChI is InChI=1S/C15H15N5O/c1-8-9(2)16-15(19-13(8)21)20-14-17-10(3)11-6-4-5-7-12(11)18-14/h4-7H,1-3H3,(H2,16,17,18,19,20,21). The number of H-pyrrole nitrogens is 1. The van der Waals surface area contributed by atoms with Crippen LogP contribution < -0.4 is 10.9 Å². The minimum atomic E-state index is -0.164. The number of aromatic nitrogens is 4. The normalized spacial score (nSPS) is 10.8. The number of nitrogens with zero attached hydrogens (tertiary/aromatic N) is 3. The molecule has 0 atom stereocenters. The highest BCUT2D eigenvalue weighted by molar-refractivity contribution is 5.81. The van der Waals surface area contributed by atoms with Gasteiger partial charge in [0, 0.05) is 16.6 Å². The van der Waals surface area contributed by atoms with E-state index in [1.54, 1.807) is 13.8 Å². The van der Waals surface area contributed by atoms with Gasteiger partial charge in [0.25, 0.3) is 5.56 Å². The van der Waals surface area contributed by atoms with Gasteiger partial charge in [-0.3, -0.25) is 15.1 Å². The number of aryl methyl sites for hydroxylation is 2. The second kappa shape index (κ2) is 4.97. The van der Waals surface area contributed by atoms with Crippen molar-refractivity contribution in [1.82, 2.24) is 19.9 Å². The molecule has 3 aromatic rings. The summed E-state index contributed by atoms with van der Waals surface area (Å²) in [4.78, 5) is 27.5. The van der Waals surface area contributed by atoms with Crippen LogP contribution in [-0.4, -0.2) is 19.9 Å². The summed E-state index contributed by atoms with van der Waals surface area (Å²) in [6.45, 7) is 5.45. The van der Waals surface area contributed by atoms with E-state index in [4.69, 9.17) is 0 Å². The molecule has 2 heterocycles. The topological polar surface area (TPSA) is 83.6 Å². The zero-order valence-corrected chi connectivity index (χ0v) is 12.1. The Kier molecular flexibility index (Phi) is 3.13. The molecule has 0 fully saturated rings. The summed E-state index contributed by atoms with van der Waals surface area (Å²) in [6.07, 6.45) is 0. The van der Waals surface area contributed by atoms with Crippen LogP contribution in [0, 0.1) is 20.8 Å². The van der Waals surface area contributed by atoms with Crippen LogP contribution in [0.1, 0.15) is 17.0 Å². The van der Waals surface area contributed by atoms with Crippen LogP contribution in [0.4, 0.5) is 11.9 Å². The lowest BCUT2D eigenvalue weighted by Crippen LogP contribution is -2.16. The van der Waals surface area contributed by atoms with E-state index in [1.807, 2.05) is 31.2 Å². The molecule has 2 aromatic heterocycles. The smallest absolute Gasteiger partial charge is 0.255 e. The van der Waals surface area contributed by atoms with Gasteiger partial charge in [-0.05, 0) is 26.8 Å². The first-order valence-electron chi connectivity index (χ1n) is 6.62. The van der Waals surface area contributed by atoms with Crippen LogP contribution in [0.15, 0.2) is 29.1 Å². The van der Waals surface area contributed by atoms with E-state index < -0.39 is 0 Å². The molecule has 6 heteroatoms. The van der Waals surface area contributed by atoms with Gasteiger partial charge in [-0.2, -0.15) is 0 Å². The Morgan fingerprint density at radius 3 is 2.52 bits per heavy atom. The zero-order chi connectivity index (χ0) is 15.0. The number of hydrogen-bond acceptors (Lipinski definition) is 5. The number of fused-ring (bicyclic) bond motifs is 1. The number of nitrogens with one attached hydrogen (secondary N) is 2. The van der Waals surface area contributed by atoms with Crippen LogP contribution in [0.2, 0.25) is 0 Å². The number of rotatable bonds is 2. The van der Waals surface area contributed by atoms with Crippen molar-refractivity contribution in [2.45, 2.75) is 20.8 Å². The molecule has 0 aliphatic carbocycles. The lowest BCUT2D eigenvalue weighted by molar-refractivity contribution is 1.01. The van der Waals surface area contributed by atoms with Crippen LogP contribution in [0.3, 0.4) is 0 Å². The van der Waals surface area contributed by atoms with Gasteiger partial charge in [-0.15, -0.1) is 0 Å². The Labute approximate surface area is 121 Å². The molecule has 0 amide bonds. The van der Waals surface area contributed by atoms with Gasteiger partial charge >= 0.3 is 0 Å². The minimum Gasteiger partial charge on any atom is -0.294 e. The highest BCUT2D eigenvalue weighted by Gasteiger charge is 2.07. The summed E-state index contributed by atoms with van der Waals surface area (Å²) in [5, 5.41) is 3.96. The average molecular weight is 281 g/mol. The van der Waals surface area contributed by atoms with Crippen LogP contribution >= 0.6 is 0 Å². The molecule has 2 N–H and O–H groups in total. The van der Waals surface area contributed by atoms with Crippen molar-refractivity contribution in [3.63, 3.8) is 0 Å². The molecule has 21 heavy (non-hydrogen) atoms. The molecule has 6 nitrogen and oxygen atoms in total. The number of anilines is 2. The molecule has 3 rings (SSSR count). The zero-order valence-electron chi connectivity index (χ0n) is 12.1. The fourth-order valence-corrected chi connectivity index (χ4v) is 2.10. The van der Waals surface area contributed by atoms with Crippen molar-refractivity contribution < 1.29 is 0 Å². The van der Waals surface area contributed by atoms with Crippen LogP contribution in [-0.2, 0) is 0 Å². The second-order valence-corrected chi connectivity index (χ2v) is 4.90. The van der Waals surface area contributed by atoms with Crippen molar-refractivity contribution in [3.05, 3.63) is 51.6 Å². The third kappa shape index (κ3) is 2.47. The summed E-state index contributed by atoms with van der Waals surface area (Å²) in [5.74, 6) is 0.760. The predicted octanol–water partition coefficient (Wildman–Crippen LogP) is 2.38. The molecule has 0 aliphatic heterocycles. The van der Waals surface area contributed by atoms with Gasteiger partial charge in [0.15, 0.2) is 0 Å². The molecular weight excluding hydrogens is 266 g/mol. The van der Waals surface area contributed by atoms with E-state index in [0.717, 1.165) is 16.6 Å². The highest BCUT2D eigenvalue weighted by atomic mass is 16.1. The largest absolute Gasteiger partial charge is 0.294 e. The summed E-state index contributed by atoms with van der Waals surface area (Å²) in [5.41, 5.74) is 2.84. The van der Waals surface area contributed by atoms with Gasteiger partial charge < -0.3 is 0 Å². The average Bonchev–Trinajstić information content (AvgIpc) is 2.45. The molecule has 0 saturated heterocycles. The molecule has 0 bridgehead atoms. The molecule has 0 unspecified atom stereocenters. The number of aromatic amines is 1. The molecule has 0 saturated carbocycles. The Morgan fingerprint density at radius 1 is 1.00 bits per heavy atom. The van der Waals surface area contributed by atoms with Gasteiger partial charge in [0.2, 0.25) is 11.9 Å². The summed E-state index contributed by atoms with van der Waals surface area (Å²) >= 11 is 0. The fraction of sp³-hybridized carbons (Fsp3) is 0.200. The molecular formula is C15H15N5O. The molecule has 106 valence electrons. The fourth-order valence-electron chi connectivity index (χ4n) is 2.10. The summed E-state index contributed by atoms with van der Waals surface area (Å²) in [7, 11) is 0. The van der Waals surface area contributed by atoms with Gasteiger partial charge in [0.1, 0.15) is 0 Å². The summed E-state index contributed by atoms with van der Waals surface area (Å²) < 4.78 is 0. The minimum absolute atomic E-state index is 0.164. The first-order valence-corrected chi connectivity index (χ1v) is 6.62. The van der Waals surface area contributed by atoms with E-state index in [9.17, 15) is 4.79 Å². The molecule has 0 radical (unpaired) electrons. The molecule has 1 aromatic carbocycles. The first-order chi connectivity index (χ1) is 10.0. The van der Waals surface area contributed by atoms with Crippen molar-refractivity contribution in [2.75, 3.05) is 5.32 Å². The van der Waals surface area contributed by atoms with E-state index in [1.165, 1.54) is 0 Å². The first kappa shape index (κ1) is 13.2. The Balaban J connectivity index is 2.04. The Hall–Kier alpha value is -2.76. The summed E-state index contributed by atoms with van der Waals surface area (Å²) in [6, 6.07) is 7.78. The third-order valence-electron chi connectivity index (χ3n) is 3.42. The maximum absolute atomic E-state index is 11.8. The van der Waals surface area contributed by atoms with Crippen LogP contribution in [0.5, 0.6) is 0 Å². The number of para-hydroxylation sites is 1. The van der Waals surface area contributed by atoms with Crippen molar-refractivity contribution >= 4 is 22.8 Å². The van der Waals surface area contributed by atoms with Crippen molar-refractivity contribution in [3.8, 4) is 0 Å². The van der Waals surface area contributed by atoms with Crippen molar-refractivity contribution in [1.29, 1.82) is 0 Å². The van der Waals surface area contributed by atoms with E-state index in [-0.39, 0.29) is 5.56 Å². The maximum Gasteiger partial charge on any atom is 0.255 e. The molecule has 0 spiro atoms.